The van der Waals surface area contributed by atoms with Crippen LogP contribution in [0.5, 0.6) is 17.2 Å². The Balaban J connectivity index is 1.94. The highest BCUT2D eigenvalue weighted by Gasteiger charge is 2.19. The van der Waals surface area contributed by atoms with Crippen LogP contribution in [0.1, 0.15) is 5.56 Å². The zero-order chi connectivity index (χ0) is 20.7. The van der Waals surface area contributed by atoms with E-state index in [2.05, 4.69) is 5.32 Å². The molecule has 28 heavy (non-hydrogen) atoms. The summed E-state index contributed by atoms with van der Waals surface area (Å²) in [6, 6.07) is 6.33. The number of nitrogens with zero attached hydrogens (tertiary/aromatic N) is 1. The molecule has 1 N–H and O–H groups in total. The van der Waals surface area contributed by atoms with Crippen molar-refractivity contribution in [3.05, 3.63) is 56.8 Å². The van der Waals surface area contributed by atoms with Crippen LogP contribution in [0, 0.1) is 15.9 Å². The second-order valence-corrected chi connectivity index (χ2v) is 5.96. The van der Waals surface area contributed by atoms with Gasteiger partial charge < -0.3 is 19.5 Å². The van der Waals surface area contributed by atoms with Crippen LogP contribution in [-0.2, 0) is 11.2 Å². The average Bonchev–Trinajstić information content (AvgIpc) is 2.66. The molecule has 0 heterocycles. The largest absolute Gasteiger partial charge is 0.493 e. The van der Waals surface area contributed by atoms with E-state index < -0.39 is 16.6 Å². The molecule has 0 aliphatic carbocycles. The van der Waals surface area contributed by atoms with Gasteiger partial charge in [0.2, 0.25) is 0 Å². The van der Waals surface area contributed by atoms with Gasteiger partial charge in [-0.25, -0.2) is 4.39 Å². The van der Waals surface area contributed by atoms with Crippen LogP contribution in [0.3, 0.4) is 0 Å². The highest BCUT2D eigenvalue weighted by Crippen LogP contribution is 2.34. The molecule has 2 aromatic rings. The maximum absolute atomic E-state index is 13.0. The first-order valence-corrected chi connectivity index (χ1v) is 8.47. The van der Waals surface area contributed by atoms with Gasteiger partial charge in [0.15, 0.2) is 18.1 Å². The summed E-state index contributed by atoms with van der Waals surface area (Å²) in [4.78, 5) is 22.6. The number of methoxy groups -OCH3 is 2. The van der Waals surface area contributed by atoms with E-state index in [0.717, 1.165) is 12.1 Å². The molecule has 0 radical (unpaired) electrons. The van der Waals surface area contributed by atoms with Gasteiger partial charge in [0, 0.05) is 12.1 Å². The van der Waals surface area contributed by atoms with Gasteiger partial charge in [-0.05, 0) is 30.7 Å². The molecule has 0 aliphatic rings. The van der Waals surface area contributed by atoms with E-state index in [1.54, 1.807) is 0 Å². The van der Waals surface area contributed by atoms with Crippen LogP contribution in [0.25, 0.3) is 0 Å². The molecule has 0 saturated carbocycles. The van der Waals surface area contributed by atoms with Crippen molar-refractivity contribution in [3.63, 3.8) is 0 Å². The number of carbonyl (C=O) groups excluding carboxylic acids is 1. The molecular formula is C18H18ClFN2O6. The van der Waals surface area contributed by atoms with Gasteiger partial charge >= 0.3 is 0 Å². The quantitative estimate of drug-likeness (QED) is 0.501. The molecule has 1 amide bonds. The van der Waals surface area contributed by atoms with Crippen LogP contribution < -0.4 is 19.5 Å². The minimum Gasteiger partial charge on any atom is -0.493 e. The molecule has 0 bridgehead atoms. The predicted octanol–water partition coefficient (Wildman–Crippen LogP) is 3.14. The lowest BCUT2D eigenvalue weighted by Gasteiger charge is -2.11. The van der Waals surface area contributed by atoms with E-state index in [1.165, 1.54) is 32.4 Å². The van der Waals surface area contributed by atoms with Crippen molar-refractivity contribution < 1.29 is 28.3 Å². The summed E-state index contributed by atoms with van der Waals surface area (Å²) in [6.45, 7) is -0.199. The SMILES string of the molecule is COc1cc(CCNC(=O)COc2ccc(F)cc2Cl)c([N+](=O)[O-])cc1OC. The normalized spacial score (nSPS) is 10.3. The topological polar surface area (TPSA) is 99.9 Å². The van der Waals surface area contributed by atoms with E-state index >= 15 is 0 Å². The number of nitro groups is 1. The summed E-state index contributed by atoms with van der Waals surface area (Å²) in [5.41, 5.74) is 0.242. The number of nitrogens with one attached hydrogen (secondary N) is 1. The summed E-state index contributed by atoms with van der Waals surface area (Å²) >= 11 is 5.82. The average molecular weight is 413 g/mol. The monoisotopic (exact) mass is 412 g/mol. The lowest BCUT2D eigenvalue weighted by Crippen LogP contribution is -2.30. The van der Waals surface area contributed by atoms with Crippen molar-refractivity contribution >= 4 is 23.2 Å². The zero-order valence-corrected chi connectivity index (χ0v) is 15.9. The maximum Gasteiger partial charge on any atom is 0.276 e. The molecular weight excluding hydrogens is 395 g/mol. The van der Waals surface area contributed by atoms with Crippen molar-refractivity contribution in [1.29, 1.82) is 0 Å². The number of hydrogen-bond acceptors (Lipinski definition) is 6. The van der Waals surface area contributed by atoms with Crippen LogP contribution in [-0.4, -0.2) is 38.2 Å². The number of hydrogen-bond donors (Lipinski definition) is 1. The van der Waals surface area contributed by atoms with E-state index in [4.69, 9.17) is 25.8 Å². The van der Waals surface area contributed by atoms with Crippen LogP contribution >= 0.6 is 11.6 Å². The number of ether oxygens (including phenoxy) is 3. The molecule has 0 unspecified atom stereocenters. The van der Waals surface area contributed by atoms with Crippen LogP contribution in [0.4, 0.5) is 10.1 Å². The first-order valence-electron chi connectivity index (χ1n) is 8.09. The van der Waals surface area contributed by atoms with Gasteiger partial charge in [-0.15, -0.1) is 0 Å². The fourth-order valence-corrected chi connectivity index (χ4v) is 2.63. The fraction of sp³-hybridized carbons (Fsp3) is 0.278. The summed E-state index contributed by atoms with van der Waals surface area (Å²) in [7, 11) is 2.81. The van der Waals surface area contributed by atoms with Gasteiger partial charge in [0.25, 0.3) is 11.6 Å². The Morgan fingerprint density at radius 3 is 2.46 bits per heavy atom. The van der Waals surface area contributed by atoms with E-state index in [-0.39, 0.29) is 41.8 Å². The van der Waals surface area contributed by atoms with Crippen molar-refractivity contribution in [2.24, 2.45) is 0 Å². The first kappa shape index (κ1) is 21.2. The van der Waals surface area contributed by atoms with Crippen molar-refractivity contribution in [2.75, 3.05) is 27.4 Å². The molecule has 0 aromatic heterocycles. The second kappa shape index (κ2) is 9.75. The Morgan fingerprint density at radius 1 is 1.18 bits per heavy atom. The number of benzene rings is 2. The fourth-order valence-electron chi connectivity index (χ4n) is 2.40. The number of halogens is 2. The van der Waals surface area contributed by atoms with Gasteiger partial charge in [-0.3, -0.25) is 14.9 Å². The van der Waals surface area contributed by atoms with Crippen molar-refractivity contribution in [3.8, 4) is 17.2 Å². The molecule has 0 fully saturated rings. The number of carbonyl (C=O) groups is 1. The van der Waals surface area contributed by atoms with Crippen LogP contribution in [0.2, 0.25) is 5.02 Å². The third-order valence-electron chi connectivity index (χ3n) is 3.75. The molecule has 2 rings (SSSR count). The molecule has 8 nitrogen and oxygen atoms in total. The van der Waals surface area contributed by atoms with Gasteiger partial charge in [0.1, 0.15) is 11.6 Å². The lowest BCUT2D eigenvalue weighted by atomic mass is 10.1. The number of nitro benzene ring substituents is 1. The molecule has 0 saturated heterocycles. The van der Waals surface area contributed by atoms with Gasteiger partial charge in [0.05, 0.1) is 30.2 Å². The zero-order valence-electron chi connectivity index (χ0n) is 15.2. The van der Waals surface area contributed by atoms with Crippen molar-refractivity contribution in [1.82, 2.24) is 5.32 Å². The van der Waals surface area contributed by atoms with Crippen LogP contribution in [0.15, 0.2) is 30.3 Å². The first-order chi connectivity index (χ1) is 13.3. The Labute approximate surface area is 165 Å². The molecule has 2 aromatic carbocycles. The summed E-state index contributed by atoms with van der Waals surface area (Å²) in [6.07, 6.45) is 0.194. The molecule has 10 heteroatoms. The summed E-state index contributed by atoms with van der Waals surface area (Å²) < 4.78 is 28.4. The minimum atomic E-state index is -0.529. The third kappa shape index (κ3) is 5.46. The molecule has 150 valence electrons. The Bertz CT molecular complexity index is 877. The Kier molecular flexibility index (Phi) is 7.39. The Hall–Kier alpha value is -3.07. The minimum absolute atomic E-state index is 0.0498. The van der Waals surface area contributed by atoms with E-state index in [0.29, 0.717) is 11.3 Å². The summed E-state index contributed by atoms with van der Waals surface area (Å²) in [5, 5.41) is 13.9. The summed E-state index contributed by atoms with van der Waals surface area (Å²) in [5.74, 6) is -0.203. The predicted molar refractivity (Wildman–Crippen MR) is 99.8 cm³/mol. The lowest BCUT2D eigenvalue weighted by molar-refractivity contribution is -0.385. The van der Waals surface area contributed by atoms with E-state index in [9.17, 15) is 19.3 Å². The third-order valence-corrected chi connectivity index (χ3v) is 4.05. The second-order valence-electron chi connectivity index (χ2n) is 5.56. The van der Waals surface area contributed by atoms with Gasteiger partial charge in [-0.1, -0.05) is 11.6 Å². The standard InChI is InChI=1S/C18H18ClFN2O6/c1-26-16-7-11(14(22(24)25)9-17(16)27-2)5-6-21-18(23)10-28-15-4-3-12(20)8-13(15)19/h3-4,7-9H,5-6,10H2,1-2H3,(H,21,23). The molecule has 0 atom stereocenters. The molecule has 0 aliphatic heterocycles. The Morgan fingerprint density at radius 2 is 1.86 bits per heavy atom. The number of rotatable bonds is 9. The smallest absolute Gasteiger partial charge is 0.276 e. The van der Waals surface area contributed by atoms with Gasteiger partial charge in [-0.2, -0.15) is 0 Å². The van der Waals surface area contributed by atoms with Crippen molar-refractivity contribution in [2.45, 2.75) is 6.42 Å². The number of amides is 1. The highest BCUT2D eigenvalue weighted by atomic mass is 35.5. The van der Waals surface area contributed by atoms with E-state index in [1.807, 2.05) is 0 Å². The maximum atomic E-state index is 13.0. The highest BCUT2D eigenvalue weighted by molar-refractivity contribution is 6.32. The molecule has 0 spiro atoms.